The Hall–Kier alpha value is -2.35. The summed E-state index contributed by atoms with van der Waals surface area (Å²) >= 11 is 0. The summed E-state index contributed by atoms with van der Waals surface area (Å²) in [4.78, 5) is 0. The SMILES string of the molecule is CCCCCCCCCCC[n+]1c(CC(C)c2ccccc2)cn(C(C)C)c1Cc1ccccc1. The molecule has 0 radical (unpaired) electrons. The highest BCUT2D eigenvalue weighted by atomic mass is 15.2. The van der Waals surface area contributed by atoms with Crippen LogP contribution in [0.1, 0.15) is 120 Å². The van der Waals surface area contributed by atoms with Crippen LogP contribution >= 0.6 is 0 Å². The fourth-order valence-electron chi connectivity index (χ4n) is 5.25. The van der Waals surface area contributed by atoms with Gasteiger partial charge in [0.05, 0.1) is 19.0 Å². The van der Waals surface area contributed by atoms with Crippen molar-refractivity contribution in [3.05, 3.63) is 89.5 Å². The molecule has 0 amide bonds. The van der Waals surface area contributed by atoms with Crippen LogP contribution in [0.2, 0.25) is 0 Å². The van der Waals surface area contributed by atoms with Crippen molar-refractivity contribution in [2.75, 3.05) is 0 Å². The lowest BCUT2D eigenvalue weighted by atomic mass is 9.96. The van der Waals surface area contributed by atoms with Gasteiger partial charge in [-0.15, -0.1) is 0 Å². The van der Waals surface area contributed by atoms with Gasteiger partial charge in [0, 0.05) is 6.42 Å². The molecule has 2 heteroatoms. The number of aromatic nitrogens is 2. The first kappa shape index (κ1) is 27.2. The molecule has 190 valence electrons. The third kappa shape index (κ3) is 8.67. The molecule has 1 atom stereocenters. The Balaban J connectivity index is 1.73. The van der Waals surface area contributed by atoms with Gasteiger partial charge in [0.2, 0.25) is 0 Å². The fourth-order valence-corrected chi connectivity index (χ4v) is 5.25. The smallest absolute Gasteiger partial charge is 0.232 e. The highest BCUT2D eigenvalue weighted by Crippen LogP contribution is 2.22. The largest absolute Gasteiger partial charge is 0.261 e. The van der Waals surface area contributed by atoms with E-state index < -0.39 is 0 Å². The number of imidazole rings is 1. The van der Waals surface area contributed by atoms with Crippen LogP contribution in [0, 0.1) is 0 Å². The van der Waals surface area contributed by atoms with E-state index in [0.717, 1.165) is 19.4 Å². The molecule has 1 unspecified atom stereocenters. The van der Waals surface area contributed by atoms with E-state index in [1.54, 1.807) is 0 Å². The van der Waals surface area contributed by atoms with Gasteiger partial charge in [0.25, 0.3) is 5.82 Å². The third-order valence-electron chi connectivity index (χ3n) is 7.38. The van der Waals surface area contributed by atoms with Crippen LogP contribution in [-0.2, 0) is 19.4 Å². The van der Waals surface area contributed by atoms with Gasteiger partial charge in [-0.3, -0.25) is 0 Å². The van der Waals surface area contributed by atoms with Gasteiger partial charge < -0.3 is 0 Å². The summed E-state index contributed by atoms with van der Waals surface area (Å²) in [6.45, 7) is 10.4. The standard InChI is InChI=1S/C33H49N2/c1-5-6-7-8-9-10-11-12-19-24-34-32(25-29(4)31-22-17-14-18-23-31)27-35(28(2)3)33(34)26-30-20-15-13-16-21-30/h13-18,20-23,27-29H,5-12,19,24-26H2,1-4H3/q+1. The van der Waals surface area contributed by atoms with Gasteiger partial charge in [0.1, 0.15) is 11.9 Å². The number of hydrogen-bond donors (Lipinski definition) is 0. The zero-order chi connectivity index (χ0) is 24.9. The van der Waals surface area contributed by atoms with Gasteiger partial charge in [-0.1, -0.05) is 119 Å². The molecule has 0 fully saturated rings. The molecule has 0 aliphatic carbocycles. The second-order valence-corrected chi connectivity index (χ2v) is 10.7. The maximum atomic E-state index is 2.67. The van der Waals surface area contributed by atoms with Crippen LogP contribution in [0.3, 0.4) is 0 Å². The third-order valence-corrected chi connectivity index (χ3v) is 7.38. The summed E-state index contributed by atoms with van der Waals surface area (Å²) in [6, 6.07) is 22.5. The van der Waals surface area contributed by atoms with Crippen LogP contribution in [0.15, 0.2) is 66.9 Å². The molecule has 3 aromatic rings. The minimum absolute atomic E-state index is 0.462. The first-order chi connectivity index (χ1) is 17.1. The van der Waals surface area contributed by atoms with Gasteiger partial charge in [-0.25, -0.2) is 9.13 Å². The van der Waals surface area contributed by atoms with Crippen molar-refractivity contribution < 1.29 is 4.57 Å². The summed E-state index contributed by atoms with van der Waals surface area (Å²) in [6.07, 6.45) is 16.9. The van der Waals surface area contributed by atoms with E-state index in [4.69, 9.17) is 0 Å². The minimum Gasteiger partial charge on any atom is -0.232 e. The fraction of sp³-hybridized carbons (Fsp3) is 0.545. The number of hydrogen-bond acceptors (Lipinski definition) is 0. The molecule has 1 heterocycles. The van der Waals surface area contributed by atoms with E-state index in [0.29, 0.717) is 12.0 Å². The maximum absolute atomic E-state index is 2.67. The Kier molecular flexibility index (Phi) is 11.6. The molecule has 0 N–H and O–H groups in total. The van der Waals surface area contributed by atoms with Gasteiger partial charge in [0.15, 0.2) is 0 Å². The van der Waals surface area contributed by atoms with Gasteiger partial charge >= 0.3 is 0 Å². The molecule has 0 aliphatic rings. The number of nitrogens with zero attached hydrogens (tertiary/aromatic N) is 2. The van der Waals surface area contributed by atoms with E-state index >= 15 is 0 Å². The number of rotatable bonds is 16. The van der Waals surface area contributed by atoms with E-state index in [9.17, 15) is 0 Å². The molecule has 3 rings (SSSR count). The molecular weight excluding hydrogens is 424 g/mol. The zero-order valence-corrected chi connectivity index (χ0v) is 22.9. The van der Waals surface area contributed by atoms with Crippen molar-refractivity contribution in [3.8, 4) is 0 Å². The number of unbranched alkanes of at least 4 members (excludes halogenated alkanes) is 8. The zero-order valence-electron chi connectivity index (χ0n) is 22.9. The molecule has 0 aliphatic heterocycles. The summed E-state index contributed by atoms with van der Waals surface area (Å²) in [5, 5.41) is 0. The van der Waals surface area contributed by atoms with Crippen molar-refractivity contribution in [1.29, 1.82) is 0 Å². The predicted molar refractivity (Wildman–Crippen MR) is 150 cm³/mol. The van der Waals surface area contributed by atoms with E-state index in [2.05, 4.69) is 104 Å². The molecule has 35 heavy (non-hydrogen) atoms. The second kappa shape index (κ2) is 14.9. The highest BCUT2D eigenvalue weighted by Gasteiger charge is 2.26. The van der Waals surface area contributed by atoms with E-state index in [1.807, 2.05) is 0 Å². The molecule has 1 aromatic heterocycles. The van der Waals surface area contributed by atoms with Gasteiger partial charge in [-0.05, 0) is 43.7 Å². The monoisotopic (exact) mass is 473 g/mol. The Morgan fingerprint density at radius 2 is 1.29 bits per heavy atom. The first-order valence-electron chi connectivity index (χ1n) is 14.3. The Labute approximate surface area is 215 Å². The average molecular weight is 474 g/mol. The summed E-state index contributed by atoms with van der Waals surface area (Å²) in [7, 11) is 0. The predicted octanol–water partition coefficient (Wildman–Crippen LogP) is 8.82. The quantitative estimate of drug-likeness (QED) is 0.145. The Morgan fingerprint density at radius 3 is 1.89 bits per heavy atom. The van der Waals surface area contributed by atoms with Crippen molar-refractivity contribution in [3.63, 3.8) is 0 Å². The molecule has 0 bridgehead atoms. The molecule has 0 saturated heterocycles. The lowest BCUT2D eigenvalue weighted by Crippen LogP contribution is -2.42. The van der Waals surface area contributed by atoms with Crippen molar-refractivity contribution in [2.45, 2.75) is 117 Å². The molecule has 0 saturated carbocycles. The van der Waals surface area contributed by atoms with Crippen LogP contribution < -0.4 is 4.57 Å². The normalized spacial score (nSPS) is 12.4. The Morgan fingerprint density at radius 1 is 0.714 bits per heavy atom. The Bertz CT molecular complexity index is 956. The molecule has 0 spiro atoms. The summed E-state index contributed by atoms with van der Waals surface area (Å²) < 4.78 is 5.21. The van der Waals surface area contributed by atoms with Crippen molar-refractivity contribution >= 4 is 0 Å². The molecular formula is C33H49N2+. The van der Waals surface area contributed by atoms with E-state index in [1.165, 1.54) is 80.4 Å². The first-order valence-corrected chi connectivity index (χ1v) is 14.3. The lowest BCUT2D eigenvalue weighted by molar-refractivity contribution is -0.710. The second-order valence-electron chi connectivity index (χ2n) is 10.7. The molecule has 2 aromatic carbocycles. The van der Waals surface area contributed by atoms with Crippen molar-refractivity contribution in [1.82, 2.24) is 4.57 Å². The van der Waals surface area contributed by atoms with Gasteiger partial charge in [-0.2, -0.15) is 0 Å². The average Bonchev–Trinajstić information content (AvgIpc) is 3.21. The lowest BCUT2D eigenvalue weighted by Gasteiger charge is -2.12. The van der Waals surface area contributed by atoms with E-state index in [-0.39, 0.29) is 0 Å². The van der Waals surface area contributed by atoms with Crippen molar-refractivity contribution in [2.24, 2.45) is 0 Å². The highest BCUT2D eigenvalue weighted by molar-refractivity contribution is 5.21. The summed E-state index contributed by atoms with van der Waals surface area (Å²) in [5.74, 6) is 1.97. The summed E-state index contributed by atoms with van der Waals surface area (Å²) in [5.41, 5.74) is 4.32. The number of benzene rings is 2. The van der Waals surface area contributed by atoms with Crippen LogP contribution in [0.5, 0.6) is 0 Å². The van der Waals surface area contributed by atoms with Crippen LogP contribution in [0.4, 0.5) is 0 Å². The molecule has 2 nitrogen and oxygen atoms in total. The van der Waals surface area contributed by atoms with Crippen LogP contribution in [0.25, 0.3) is 0 Å². The maximum Gasteiger partial charge on any atom is 0.261 e. The topological polar surface area (TPSA) is 8.81 Å². The van der Waals surface area contributed by atoms with Crippen LogP contribution in [-0.4, -0.2) is 4.57 Å². The minimum atomic E-state index is 0.462.